The Balaban J connectivity index is 2.50. The first kappa shape index (κ1) is 8.68. The molecule has 2 nitrogen and oxygen atoms in total. The van der Waals surface area contributed by atoms with Gasteiger partial charge in [0.2, 0.25) is 0 Å². The van der Waals surface area contributed by atoms with E-state index in [-0.39, 0.29) is 6.10 Å². The number of aromatic nitrogens is 1. The molecule has 0 aromatic carbocycles. The number of nitrogens with zero attached hydrogens (tertiary/aromatic N) is 1. The maximum absolute atomic E-state index is 5.13. The Bertz CT molecular complexity index is 222. The third kappa shape index (κ3) is 2.60. The average molecular weight is 171 g/mol. The van der Waals surface area contributed by atoms with Crippen LogP contribution in [-0.2, 0) is 11.2 Å². The molecule has 0 N–H and O–H groups in total. The van der Waals surface area contributed by atoms with Crippen molar-refractivity contribution in [3.8, 4) is 0 Å². The smallest absolute Gasteiger partial charge is 0.0953 e. The molecule has 1 rings (SSSR count). The molecular weight excluding hydrogens is 158 g/mol. The molecule has 0 fully saturated rings. The molecule has 0 amide bonds. The molecule has 0 aliphatic heterocycles. The van der Waals surface area contributed by atoms with Gasteiger partial charge in [0.15, 0.2) is 0 Å². The zero-order chi connectivity index (χ0) is 8.27. The summed E-state index contributed by atoms with van der Waals surface area (Å²) < 4.78 is 5.13. The number of thiazole rings is 1. The molecule has 1 aromatic rings. The van der Waals surface area contributed by atoms with Crippen LogP contribution in [0, 0.1) is 6.92 Å². The molecule has 0 aliphatic rings. The highest BCUT2D eigenvalue weighted by Crippen LogP contribution is 2.13. The first-order chi connectivity index (χ1) is 5.22. The standard InChI is InChI=1S/C8H13NOS/c1-6(10-3)4-8-9-5-7(2)11-8/h5-6H,4H2,1-3H3. The minimum Gasteiger partial charge on any atom is -0.381 e. The van der Waals surface area contributed by atoms with Gasteiger partial charge in [-0.15, -0.1) is 11.3 Å². The summed E-state index contributed by atoms with van der Waals surface area (Å²) in [5, 5.41) is 1.16. The molecule has 0 aliphatic carbocycles. The molecule has 1 unspecified atom stereocenters. The predicted molar refractivity (Wildman–Crippen MR) is 47.0 cm³/mol. The minimum atomic E-state index is 0.278. The Hall–Kier alpha value is -0.410. The summed E-state index contributed by atoms with van der Waals surface area (Å²) >= 11 is 1.74. The molecular formula is C8H13NOS. The highest BCUT2D eigenvalue weighted by molar-refractivity contribution is 7.11. The third-order valence-electron chi connectivity index (χ3n) is 1.53. The molecule has 62 valence electrons. The van der Waals surface area contributed by atoms with Crippen molar-refractivity contribution in [1.82, 2.24) is 4.98 Å². The maximum atomic E-state index is 5.13. The van der Waals surface area contributed by atoms with E-state index >= 15 is 0 Å². The lowest BCUT2D eigenvalue weighted by Gasteiger charge is -2.05. The largest absolute Gasteiger partial charge is 0.381 e. The molecule has 0 bridgehead atoms. The van der Waals surface area contributed by atoms with Crippen molar-refractivity contribution in [2.75, 3.05) is 7.11 Å². The molecule has 0 spiro atoms. The van der Waals surface area contributed by atoms with Gasteiger partial charge in [0.05, 0.1) is 11.1 Å². The Labute approximate surface area is 71.2 Å². The van der Waals surface area contributed by atoms with Crippen LogP contribution in [0.15, 0.2) is 6.20 Å². The van der Waals surface area contributed by atoms with Crippen molar-refractivity contribution in [2.24, 2.45) is 0 Å². The van der Waals surface area contributed by atoms with E-state index in [1.807, 2.05) is 6.20 Å². The Morgan fingerprint density at radius 1 is 1.73 bits per heavy atom. The van der Waals surface area contributed by atoms with Gasteiger partial charge in [-0.05, 0) is 13.8 Å². The monoisotopic (exact) mass is 171 g/mol. The highest BCUT2D eigenvalue weighted by atomic mass is 32.1. The van der Waals surface area contributed by atoms with E-state index in [9.17, 15) is 0 Å². The quantitative estimate of drug-likeness (QED) is 0.694. The van der Waals surface area contributed by atoms with E-state index < -0.39 is 0 Å². The van der Waals surface area contributed by atoms with E-state index in [1.54, 1.807) is 18.4 Å². The van der Waals surface area contributed by atoms with Gasteiger partial charge < -0.3 is 4.74 Å². The molecule has 1 aromatic heterocycles. The van der Waals surface area contributed by atoms with Gasteiger partial charge in [0.1, 0.15) is 0 Å². The SMILES string of the molecule is COC(C)Cc1ncc(C)s1. The maximum Gasteiger partial charge on any atom is 0.0953 e. The van der Waals surface area contributed by atoms with Crippen molar-refractivity contribution in [2.45, 2.75) is 26.4 Å². The second-order valence-electron chi connectivity index (χ2n) is 2.62. The molecule has 3 heteroatoms. The first-order valence-electron chi connectivity index (χ1n) is 3.66. The van der Waals surface area contributed by atoms with Crippen LogP contribution < -0.4 is 0 Å². The Morgan fingerprint density at radius 2 is 2.45 bits per heavy atom. The molecule has 1 atom stereocenters. The summed E-state index contributed by atoms with van der Waals surface area (Å²) in [5.41, 5.74) is 0. The van der Waals surface area contributed by atoms with Crippen LogP contribution in [0.4, 0.5) is 0 Å². The summed E-state index contributed by atoms with van der Waals surface area (Å²) in [5.74, 6) is 0. The lowest BCUT2D eigenvalue weighted by Crippen LogP contribution is -2.07. The van der Waals surface area contributed by atoms with Gasteiger partial charge in [0.25, 0.3) is 0 Å². The fraction of sp³-hybridized carbons (Fsp3) is 0.625. The van der Waals surface area contributed by atoms with E-state index in [1.165, 1.54) is 4.88 Å². The van der Waals surface area contributed by atoms with Crippen LogP contribution in [0.5, 0.6) is 0 Å². The summed E-state index contributed by atoms with van der Waals surface area (Å²) in [7, 11) is 1.73. The molecule has 0 saturated carbocycles. The van der Waals surface area contributed by atoms with Crippen LogP contribution in [0.25, 0.3) is 0 Å². The molecule has 11 heavy (non-hydrogen) atoms. The second kappa shape index (κ2) is 3.83. The Kier molecular flexibility index (Phi) is 3.02. The van der Waals surface area contributed by atoms with Gasteiger partial charge >= 0.3 is 0 Å². The molecule has 0 saturated heterocycles. The van der Waals surface area contributed by atoms with Crippen LogP contribution in [-0.4, -0.2) is 18.2 Å². The zero-order valence-electron chi connectivity index (χ0n) is 7.13. The van der Waals surface area contributed by atoms with Crippen LogP contribution in [0.2, 0.25) is 0 Å². The lowest BCUT2D eigenvalue weighted by molar-refractivity contribution is 0.119. The number of hydrogen-bond acceptors (Lipinski definition) is 3. The summed E-state index contributed by atoms with van der Waals surface area (Å²) in [6.07, 6.45) is 3.11. The van der Waals surface area contributed by atoms with Crippen molar-refractivity contribution < 1.29 is 4.74 Å². The van der Waals surface area contributed by atoms with Crippen LogP contribution in [0.3, 0.4) is 0 Å². The zero-order valence-corrected chi connectivity index (χ0v) is 7.94. The van der Waals surface area contributed by atoms with Gasteiger partial charge in [-0.3, -0.25) is 0 Å². The predicted octanol–water partition coefficient (Wildman–Crippen LogP) is 2.03. The van der Waals surface area contributed by atoms with Crippen molar-refractivity contribution in [3.63, 3.8) is 0 Å². The van der Waals surface area contributed by atoms with E-state index in [0.717, 1.165) is 11.4 Å². The van der Waals surface area contributed by atoms with Crippen LogP contribution >= 0.6 is 11.3 Å². The molecule has 0 radical (unpaired) electrons. The van der Waals surface area contributed by atoms with Gasteiger partial charge in [-0.2, -0.15) is 0 Å². The average Bonchev–Trinajstić information content (AvgIpc) is 2.35. The Morgan fingerprint density at radius 3 is 2.91 bits per heavy atom. The van der Waals surface area contributed by atoms with Gasteiger partial charge in [-0.25, -0.2) is 4.98 Å². The fourth-order valence-electron chi connectivity index (χ4n) is 0.825. The normalized spacial score (nSPS) is 13.4. The third-order valence-corrected chi connectivity index (χ3v) is 2.47. The number of methoxy groups -OCH3 is 1. The highest BCUT2D eigenvalue weighted by Gasteiger charge is 2.04. The number of ether oxygens (including phenoxy) is 1. The van der Waals surface area contributed by atoms with Crippen LogP contribution in [0.1, 0.15) is 16.8 Å². The lowest BCUT2D eigenvalue weighted by atomic mass is 10.3. The second-order valence-corrected chi connectivity index (χ2v) is 3.93. The number of rotatable bonds is 3. The summed E-state index contributed by atoms with van der Waals surface area (Å²) in [6.45, 7) is 4.12. The minimum absolute atomic E-state index is 0.278. The molecule has 1 heterocycles. The van der Waals surface area contributed by atoms with Crippen molar-refractivity contribution in [1.29, 1.82) is 0 Å². The van der Waals surface area contributed by atoms with Gasteiger partial charge in [-0.1, -0.05) is 0 Å². The van der Waals surface area contributed by atoms with Crippen molar-refractivity contribution in [3.05, 3.63) is 16.1 Å². The van der Waals surface area contributed by atoms with Gasteiger partial charge in [0, 0.05) is 24.6 Å². The topological polar surface area (TPSA) is 22.1 Å². The van der Waals surface area contributed by atoms with E-state index in [0.29, 0.717) is 0 Å². The van der Waals surface area contributed by atoms with E-state index in [2.05, 4.69) is 18.8 Å². The first-order valence-corrected chi connectivity index (χ1v) is 4.48. The number of hydrogen-bond donors (Lipinski definition) is 0. The number of aryl methyl sites for hydroxylation is 1. The fourth-order valence-corrected chi connectivity index (χ4v) is 1.73. The summed E-state index contributed by atoms with van der Waals surface area (Å²) in [6, 6.07) is 0. The van der Waals surface area contributed by atoms with E-state index in [4.69, 9.17) is 4.74 Å². The summed E-state index contributed by atoms with van der Waals surface area (Å²) in [4.78, 5) is 5.51. The van der Waals surface area contributed by atoms with Crippen molar-refractivity contribution >= 4 is 11.3 Å².